The van der Waals surface area contributed by atoms with Gasteiger partial charge in [-0.25, -0.2) is 4.98 Å². The number of aliphatic hydroxyl groups is 1. The number of amides is 1. The molecule has 2 aromatic rings. The summed E-state index contributed by atoms with van der Waals surface area (Å²) in [4.78, 5) is 31.0. The number of rotatable bonds is 5. The van der Waals surface area contributed by atoms with Crippen molar-refractivity contribution in [2.75, 3.05) is 23.4 Å². The molecule has 10 heteroatoms. The topological polar surface area (TPSA) is 134 Å². The predicted octanol–water partition coefficient (Wildman–Crippen LogP) is 0.467. The molecule has 140 valence electrons. The van der Waals surface area contributed by atoms with Crippen LogP contribution in [0.1, 0.15) is 36.2 Å². The first kappa shape index (κ1) is 17.9. The second-order valence-corrected chi connectivity index (χ2v) is 6.20. The fourth-order valence-electron chi connectivity index (χ4n) is 3.16. The maximum absolute atomic E-state index is 12.4. The maximum Gasteiger partial charge on any atom is 0.297 e. The van der Waals surface area contributed by atoms with Crippen molar-refractivity contribution in [3.8, 4) is 5.75 Å². The van der Waals surface area contributed by atoms with Gasteiger partial charge in [-0.1, -0.05) is 5.16 Å². The normalized spacial score (nSPS) is 17.3. The number of carbonyl (C=O) groups is 1. The molecule has 10 nitrogen and oxygen atoms in total. The zero-order valence-electron chi connectivity index (χ0n) is 14.4. The van der Waals surface area contributed by atoms with E-state index in [1.54, 1.807) is 0 Å². The second-order valence-electron chi connectivity index (χ2n) is 6.20. The molecule has 0 aliphatic carbocycles. The van der Waals surface area contributed by atoms with Crippen molar-refractivity contribution in [3.05, 3.63) is 28.5 Å². The summed E-state index contributed by atoms with van der Waals surface area (Å²) in [6.45, 7) is 0.677. The molecule has 1 aliphatic heterocycles. The van der Waals surface area contributed by atoms with E-state index in [0.717, 1.165) is 19.3 Å². The van der Waals surface area contributed by atoms with E-state index < -0.39 is 17.2 Å². The molecule has 1 saturated heterocycles. The first-order valence-corrected chi connectivity index (χ1v) is 8.41. The van der Waals surface area contributed by atoms with Gasteiger partial charge in [-0.2, -0.15) is 0 Å². The molecule has 0 saturated carbocycles. The highest BCUT2D eigenvalue weighted by atomic mass is 16.5. The van der Waals surface area contributed by atoms with Gasteiger partial charge in [0.05, 0.1) is 6.20 Å². The van der Waals surface area contributed by atoms with Crippen LogP contribution in [0.15, 0.2) is 21.8 Å². The largest absolute Gasteiger partial charge is 0.501 e. The Bertz CT molecular complexity index is 830. The van der Waals surface area contributed by atoms with Gasteiger partial charge in [-0.15, -0.1) is 0 Å². The molecular weight excluding hydrogens is 342 g/mol. The summed E-state index contributed by atoms with van der Waals surface area (Å²) in [5.74, 6) is -1.16. The molecule has 26 heavy (non-hydrogen) atoms. The van der Waals surface area contributed by atoms with E-state index in [0.29, 0.717) is 18.9 Å². The van der Waals surface area contributed by atoms with Crippen LogP contribution < -0.4 is 15.8 Å². The summed E-state index contributed by atoms with van der Waals surface area (Å²) in [7, 11) is 1.50. The quantitative estimate of drug-likeness (QED) is 0.698. The Labute approximate surface area is 149 Å². The van der Waals surface area contributed by atoms with E-state index >= 15 is 0 Å². The van der Waals surface area contributed by atoms with Crippen LogP contribution >= 0.6 is 0 Å². The Kier molecular flexibility index (Phi) is 5.21. The summed E-state index contributed by atoms with van der Waals surface area (Å²) in [5.41, 5.74) is -0.786. The number of nitrogens with one attached hydrogen (secondary N) is 1. The average molecular weight is 363 g/mol. The molecule has 3 heterocycles. The summed E-state index contributed by atoms with van der Waals surface area (Å²) in [5, 5.41) is 25.4. The van der Waals surface area contributed by atoms with Crippen molar-refractivity contribution in [3.63, 3.8) is 0 Å². The number of nitrogens with zero attached hydrogens (tertiary/aromatic N) is 4. The van der Waals surface area contributed by atoms with Gasteiger partial charge < -0.3 is 25.0 Å². The van der Waals surface area contributed by atoms with Crippen LogP contribution in [0.4, 0.5) is 11.6 Å². The lowest BCUT2D eigenvalue weighted by atomic mass is 10.00. The van der Waals surface area contributed by atoms with E-state index in [9.17, 15) is 19.8 Å². The number of aromatic nitrogens is 3. The second kappa shape index (κ2) is 7.56. The van der Waals surface area contributed by atoms with E-state index in [4.69, 9.17) is 0 Å². The van der Waals surface area contributed by atoms with Crippen molar-refractivity contribution in [1.29, 1.82) is 0 Å². The first-order valence-electron chi connectivity index (χ1n) is 8.41. The third kappa shape index (κ3) is 3.40. The van der Waals surface area contributed by atoms with Crippen LogP contribution in [0.5, 0.6) is 5.75 Å². The molecule has 0 unspecified atom stereocenters. The minimum absolute atomic E-state index is 0.0189. The predicted molar refractivity (Wildman–Crippen MR) is 92.3 cm³/mol. The van der Waals surface area contributed by atoms with Crippen molar-refractivity contribution in [2.45, 2.75) is 31.7 Å². The standard InChI is InChI=1S/C16H21N5O5/c1-20-15(25)13(23)12(14(24)18-10-8-17-26-9-10)19-16(20)21-6-3-2-4-11(21)5-7-22/h8-9,11,22-23H,2-7H2,1H3,(H,18,24)/t11-/m0/s1. The van der Waals surface area contributed by atoms with Gasteiger partial charge in [0, 0.05) is 26.2 Å². The third-order valence-electron chi connectivity index (χ3n) is 4.49. The van der Waals surface area contributed by atoms with Crippen molar-refractivity contribution in [1.82, 2.24) is 14.7 Å². The van der Waals surface area contributed by atoms with Gasteiger partial charge in [0.15, 0.2) is 5.69 Å². The molecule has 3 rings (SSSR count). The molecule has 0 bridgehead atoms. The number of aromatic hydroxyl groups is 1. The number of carbonyl (C=O) groups excluding carboxylic acids is 1. The molecule has 0 aromatic carbocycles. The van der Waals surface area contributed by atoms with Crippen molar-refractivity contribution >= 4 is 17.5 Å². The van der Waals surface area contributed by atoms with Crippen LogP contribution in [0.25, 0.3) is 0 Å². The summed E-state index contributed by atoms with van der Waals surface area (Å²) >= 11 is 0. The van der Waals surface area contributed by atoms with Crippen LogP contribution in [0.3, 0.4) is 0 Å². The summed E-state index contributed by atoms with van der Waals surface area (Å²) in [6.07, 6.45) is 5.85. The average Bonchev–Trinajstić information content (AvgIpc) is 3.14. The van der Waals surface area contributed by atoms with Crippen LogP contribution in [0.2, 0.25) is 0 Å². The first-order chi connectivity index (χ1) is 12.5. The third-order valence-corrected chi connectivity index (χ3v) is 4.49. The number of aliphatic hydroxyl groups excluding tert-OH is 1. The number of hydrogen-bond donors (Lipinski definition) is 3. The number of anilines is 2. The Hall–Kier alpha value is -2.88. The molecule has 2 aromatic heterocycles. The van der Waals surface area contributed by atoms with Gasteiger partial charge >= 0.3 is 0 Å². The molecular formula is C16H21N5O5. The van der Waals surface area contributed by atoms with Gasteiger partial charge in [-0.3, -0.25) is 14.2 Å². The van der Waals surface area contributed by atoms with Crippen LogP contribution in [-0.2, 0) is 7.05 Å². The lowest BCUT2D eigenvalue weighted by Crippen LogP contribution is -2.44. The summed E-state index contributed by atoms with van der Waals surface area (Å²) in [6, 6.07) is 0.0189. The van der Waals surface area contributed by atoms with Crippen molar-refractivity contribution < 1.29 is 19.5 Å². The summed E-state index contributed by atoms with van der Waals surface area (Å²) < 4.78 is 5.86. The zero-order valence-corrected chi connectivity index (χ0v) is 14.4. The lowest BCUT2D eigenvalue weighted by molar-refractivity contribution is 0.101. The minimum atomic E-state index is -0.736. The van der Waals surface area contributed by atoms with E-state index in [1.165, 1.54) is 24.1 Å². The molecule has 1 fully saturated rings. The van der Waals surface area contributed by atoms with Crippen molar-refractivity contribution in [2.24, 2.45) is 7.05 Å². The van der Waals surface area contributed by atoms with Gasteiger partial charge in [-0.05, 0) is 25.7 Å². The highest BCUT2D eigenvalue weighted by Gasteiger charge is 2.28. The van der Waals surface area contributed by atoms with Gasteiger partial charge in [0.2, 0.25) is 11.7 Å². The number of piperidine rings is 1. The highest BCUT2D eigenvalue weighted by Crippen LogP contribution is 2.26. The Morgan fingerprint density at radius 3 is 2.96 bits per heavy atom. The molecule has 0 radical (unpaired) electrons. The minimum Gasteiger partial charge on any atom is -0.501 e. The lowest BCUT2D eigenvalue weighted by Gasteiger charge is -2.37. The SMILES string of the molecule is Cn1c(N2CCCC[C@H]2CCO)nc(C(=O)Nc2cnoc2)c(O)c1=O. The molecule has 0 spiro atoms. The fourth-order valence-corrected chi connectivity index (χ4v) is 3.16. The zero-order chi connectivity index (χ0) is 18.7. The Morgan fingerprint density at radius 2 is 2.27 bits per heavy atom. The number of hydrogen-bond acceptors (Lipinski definition) is 8. The molecule has 1 amide bonds. The smallest absolute Gasteiger partial charge is 0.297 e. The van der Waals surface area contributed by atoms with Crippen LogP contribution in [-0.4, -0.2) is 50.0 Å². The molecule has 1 aliphatic rings. The molecule has 1 atom stereocenters. The highest BCUT2D eigenvalue weighted by molar-refractivity contribution is 6.04. The maximum atomic E-state index is 12.4. The Morgan fingerprint density at radius 1 is 1.46 bits per heavy atom. The van der Waals surface area contributed by atoms with E-state index in [2.05, 4.69) is 20.0 Å². The Balaban J connectivity index is 1.99. The van der Waals surface area contributed by atoms with Gasteiger partial charge in [0.25, 0.3) is 11.5 Å². The van der Waals surface area contributed by atoms with Gasteiger partial charge in [0.1, 0.15) is 12.0 Å². The fraction of sp³-hybridized carbons (Fsp3) is 0.500. The van der Waals surface area contributed by atoms with E-state index in [-0.39, 0.29) is 24.0 Å². The molecule has 3 N–H and O–H groups in total. The monoisotopic (exact) mass is 363 g/mol. The van der Waals surface area contributed by atoms with Crippen LogP contribution in [0, 0.1) is 0 Å². The van der Waals surface area contributed by atoms with E-state index in [1.807, 2.05) is 4.90 Å².